The molecule has 3 heterocycles. The molecule has 610 valence electrons. The van der Waals surface area contributed by atoms with Gasteiger partial charge in [0.05, 0.1) is 106 Å². The topological polar surface area (TPSA) is 497 Å². The number of halogens is 1. The van der Waals surface area contributed by atoms with Crippen molar-refractivity contribution in [1.29, 1.82) is 0 Å². The summed E-state index contributed by atoms with van der Waals surface area (Å²) in [5, 5.41) is 112. The number of rotatable bonds is 16. The van der Waals surface area contributed by atoms with E-state index in [1.165, 1.54) is 50.6 Å². The Labute approximate surface area is 653 Å². The van der Waals surface area contributed by atoms with E-state index < -0.39 is 223 Å². The van der Waals surface area contributed by atoms with Gasteiger partial charge < -0.3 is 100 Å². The number of hydroxylamine groups is 2. The molecule has 114 heavy (non-hydrogen) atoms. The number of alkyl carbamates (subject to hydrolysis) is 1. The fraction of sp³-hybridized carbons (Fsp3) is 0.531. The Bertz CT molecular complexity index is 4640. The van der Waals surface area contributed by atoms with E-state index in [1.807, 2.05) is 0 Å². The summed E-state index contributed by atoms with van der Waals surface area (Å²) < 4.78 is 60.6. The number of carbonyl (C=O) groups excluding carboxylic acids is 10. The summed E-state index contributed by atoms with van der Waals surface area (Å²) in [5.74, 6) is 6.49. The lowest BCUT2D eigenvalue weighted by molar-refractivity contribution is -0.249. The lowest BCUT2D eigenvalue weighted by Gasteiger charge is -2.42. The van der Waals surface area contributed by atoms with Crippen molar-refractivity contribution in [2.45, 2.75) is 189 Å². The highest BCUT2D eigenvalue weighted by atomic mass is 19.1. The minimum atomic E-state index is -2.32. The average Bonchev–Trinajstić information content (AvgIpc) is 1.61. The van der Waals surface area contributed by atoms with Gasteiger partial charge in [-0.1, -0.05) is 29.3 Å². The Morgan fingerprint density at radius 2 is 0.991 bits per heavy atom. The first-order chi connectivity index (χ1) is 54.9. The van der Waals surface area contributed by atoms with Gasteiger partial charge in [-0.15, -0.1) is 23.7 Å². The Balaban J connectivity index is 0.000000170. The molecule has 13 N–H and O–H groups in total. The third-order valence-corrected chi connectivity index (χ3v) is 23.5. The molecule has 0 aromatic heterocycles. The van der Waals surface area contributed by atoms with Crippen LogP contribution in [-0.2, 0) is 65.3 Å². The van der Waals surface area contributed by atoms with E-state index in [0.717, 1.165) is 51.4 Å². The van der Waals surface area contributed by atoms with E-state index in [-0.39, 0.29) is 101 Å². The third kappa shape index (κ3) is 16.0. The molecule has 3 saturated heterocycles. The van der Waals surface area contributed by atoms with Gasteiger partial charge in [0.15, 0.2) is 35.7 Å². The molecule has 8 aliphatic carbocycles. The van der Waals surface area contributed by atoms with E-state index in [0.29, 0.717) is 34.7 Å². The molecule has 18 atom stereocenters. The maximum Gasteiger partial charge on any atom is 0.533 e. The summed E-state index contributed by atoms with van der Waals surface area (Å²) in [6.45, 7) is 1.57. The summed E-state index contributed by atoms with van der Waals surface area (Å²) in [7, 11) is 1.64. The molecule has 2 saturated carbocycles. The number of nitrogens with zero attached hydrogens (tertiary/aromatic N) is 1. The fourth-order valence-electron chi connectivity index (χ4n) is 17.5. The van der Waals surface area contributed by atoms with Crippen LogP contribution in [0.3, 0.4) is 0 Å². The van der Waals surface area contributed by atoms with Crippen molar-refractivity contribution in [3.8, 4) is 58.2 Å². The Kier molecular flexibility index (Phi) is 24.6. The second-order valence-corrected chi connectivity index (χ2v) is 30.1. The second-order valence-electron chi connectivity index (χ2n) is 30.1. The van der Waals surface area contributed by atoms with Crippen LogP contribution in [0.15, 0.2) is 36.4 Å². The molecular weight excluding hydrogens is 1500 g/mol. The molecule has 15 rings (SSSR count). The molecule has 4 aromatic carbocycles. The van der Waals surface area contributed by atoms with Crippen molar-refractivity contribution in [2.75, 3.05) is 47.8 Å². The van der Waals surface area contributed by atoms with Crippen LogP contribution in [0.5, 0.6) is 34.5 Å². The Morgan fingerprint density at radius 3 is 1.39 bits per heavy atom. The van der Waals surface area contributed by atoms with Crippen LogP contribution in [0.1, 0.15) is 203 Å². The number of hydrogen-bond acceptors (Lipinski definition) is 30. The van der Waals surface area contributed by atoms with Gasteiger partial charge in [0.2, 0.25) is 11.6 Å². The van der Waals surface area contributed by atoms with Crippen molar-refractivity contribution in [2.24, 2.45) is 41.2 Å². The standard InChI is InChI=1S/C38H41NO13.C27H29NO11.C15H17NO5.CH3F/c1-17-32(42)23(39-37(47)50-16-22-18-8-5-3-4-6-9-19(18)22)12-27(51-17)52-25-14-38(48,26(41)15-40)13-21-29(25)36(46)31-30(34(21)44)33(43)20-10-7-11-24(49-2)28(20)35(31)45;1-10-22(31)13(28)6-17(38-10)39-15-8-27(36,16(30)9-29)7-12-19(15)26(35)21-20(24(12)33)23(32)11-4-3-5-14(37-2)18(11)25(21)34;17-13-7-8-14(18)16(13)21-15(19)20-9-12-10-5-3-1-2-4-6-11(10)12;1-2/h7,10-11,17-19,22-23,25,27,32,40,42,44,46,48H,5-6,8-9,12-16H2,1-2H3,(H,39,47);3-5,10,13,15,17,22,29,31,33,35-36H,6-9,28H2,1-2H3;10-12H,3-9H2;1H3/t17-,18-,19+,22?,23-,25-,27-,32+,38-;10-,13-,15-,17-,22+,27-;10-,11+,12?;/m00../s1/i;;;1D. The average molecular weight is 1590 g/mol. The van der Waals surface area contributed by atoms with Crippen molar-refractivity contribution < 1.29 is 148 Å². The molecule has 0 bridgehead atoms. The predicted octanol–water partition coefficient (Wildman–Crippen LogP) is 4.44. The summed E-state index contributed by atoms with van der Waals surface area (Å²) in [4.78, 5) is 132. The molecule has 11 aliphatic rings. The van der Waals surface area contributed by atoms with E-state index in [4.69, 9.17) is 45.0 Å². The molecule has 3 amide bonds. The number of carbonyl (C=O) groups is 10. The highest BCUT2D eigenvalue weighted by Gasteiger charge is 2.55. The number of alkyl halides is 1. The highest BCUT2D eigenvalue weighted by molar-refractivity contribution is 6.32. The van der Waals surface area contributed by atoms with Crippen LogP contribution < -0.4 is 20.5 Å². The highest BCUT2D eigenvalue weighted by Crippen LogP contribution is 2.57. The molecule has 32 nitrogen and oxygen atoms in total. The van der Waals surface area contributed by atoms with Crippen LogP contribution in [0.4, 0.5) is 14.0 Å². The van der Waals surface area contributed by atoms with E-state index in [1.54, 1.807) is 13.8 Å². The Morgan fingerprint density at radius 1 is 0.596 bits per heavy atom. The second kappa shape index (κ2) is 34.2. The number of amides is 3. The van der Waals surface area contributed by atoms with Gasteiger partial charge in [-0.3, -0.25) is 47.6 Å². The van der Waals surface area contributed by atoms with Crippen molar-refractivity contribution >= 4 is 58.8 Å². The van der Waals surface area contributed by atoms with E-state index >= 15 is 0 Å². The molecule has 3 aliphatic heterocycles. The Hall–Kier alpha value is -10.0. The largest absolute Gasteiger partial charge is 0.533 e. The number of aromatic hydroxyl groups is 4. The number of phenolic OH excluding ortho intramolecular Hbond substituents is 4. The van der Waals surface area contributed by atoms with Gasteiger partial charge in [-0.2, -0.15) is 0 Å². The van der Waals surface area contributed by atoms with Crippen LogP contribution >= 0.6 is 0 Å². The number of Topliss-reactive ketones (excluding diaryl/α,β-unsaturated/α-hetero) is 2. The smallest absolute Gasteiger partial charge is 0.507 e. The number of imide groups is 1. The number of benzene rings is 4. The molecular formula is C81H90FN3O29. The van der Waals surface area contributed by atoms with Gasteiger partial charge in [-0.25, -0.2) is 9.59 Å². The lowest BCUT2D eigenvalue weighted by Crippen LogP contribution is -2.56. The maximum atomic E-state index is 13.9. The van der Waals surface area contributed by atoms with Crippen LogP contribution in [0.25, 0.3) is 0 Å². The molecule has 4 aromatic rings. The number of ketones is 6. The van der Waals surface area contributed by atoms with Crippen LogP contribution in [-0.4, -0.2) is 223 Å². The van der Waals surface area contributed by atoms with E-state index in [2.05, 4.69) is 33.8 Å². The lowest BCUT2D eigenvalue weighted by atomic mass is 9.72. The minimum absolute atomic E-state index is 0.0173. The van der Waals surface area contributed by atoms with Gasteiger partial charge in [0.1, 0.15) is 65.0 Å². The summed E-state index contributed by atoms with van der Waals surface area (Å²) in [6.07, 6.45) is -5.21. The number of phenols is 4. The maximum absolute atomic E-state index is 13.9. The van der Waals surface area contributed by atoms with Crippen molar-refractivity contribution in [1.82, 2.24) is 10.4 Å². The van der Waals surface area contributed by atoms with Crippen LogP contribution in [0, 0.1) is 59.2 Å². The fourth-order valence-corrected chi connectivity index (χ4v) is 17.5. The number of nitrogens with one attached hydrogen (secondary N) is 1. The van der Waals surface area contributed by atoms with Gasteiger partial charge >= 0.3 is 12.2 Å². The predicted molar refractivity (Wildman–Crippen MR) is 388 cm³/mol. The van der Waals surface area contributed by atoms with Gasteiger partial charge in [-0.05, 0) is 87.2 Å². The number of fused-ring (bicyclic) bond motifs is 8. The van der Waals surface area contributed by atoms with Crippen molar-refractivity contribution in [3.05, 3.63) is 103 Å². The third-order valence-electron chi connectivity index (χ3n) is 23.5. The first-order valence-corrected chi connectivity index (χ1v) is 37.5. The monoisotopic (exact) mass is 1590 g/mol. The first kappa shape index (κ1) is 82.0. The molecule has 0 radical (unpaired) electrons. The SMILES string of the molecule is COc1cccc2c1C(=O)c1c(O)c3c(c(O)c1C2=O)C[C@@](O)(C(=O)CO)C[C@@H]3O[C@H]1C[C@H](N)[C@H](O)[C@H](C)O1.COc1cccc2c1C(=O)c1c(O)c3c(c(O)c1C2=O)C[C@@](O)(C(=O)CO)C[C@@H]3O[C@H]1C[C@H](NC(=O)OCC2[C@H]3CCC#CCC[C@@H]23)[C@H](O)[C@H](C)O1.O=C(OCC1[C@H]2CCC#CCC[C@@H]12)ON1C(=O)CCC1=O.[2H]CF. The molecule has 33 heteroatoms. The number of aliphatic hydroxyl groups is 6. The summed E-state index contributed by atoms with van der Waals surface area (Å²) in [5.41, 5.74) is -1.55. The molecule has 0 spiro atoms. The zero-order valence-corrected chi connectivity index (χ0v) is 62.7. The zero-order chi connectivity index (χ0) is 83.0. The first-order valence-electron chi connectivity index (χ1n) is 38.2. The van der Waals surface area contributed by atoms with E-state index in [9.17, 15) is 103 Å². The number of methoxy groups -OCH3 is 2. The zero-order valence-electron chi connectivity index (χ0n) is 63.7. The summed E-state index contributed by atoms with van der Waals surface area (Å²) in [6, 6.07) is 7.06. The molecule has 2 unspecified atom stereocenters. The number of ether oxygens (including phenoxy) is 8. The number of hydrogen-bond donors (Lipinski definition) is 12. The quantitative estimate of drug-likeness (QED) is 0.0276. The normalized spacial score (nSPS) is 30.5. The van der Waals surface area contributed by atoms with Gasteiger partial charge in [0, 0.05) is 116 Å². The minimum Gasteiger partial charge on any atom is -0.507 e. The van der Waals surface area contributed by atoms with Gasteiger partial charge in [0.25, 0.3) is 11.8 Å². The number of aliphatic hydroxyl groups excluding tert-OH is 4. The number of nitrogens with two attached hydrogens (primary N) is 1. The van der Waals surface area contributed by atoms with Crippen LogP contribution in [0.2, 0.25) is 0 Å². The molecule has 5 fully saturated rings. The summed E-state index contributed by atoms with van der Waals surface area (Å²) >= 11 is 0. The van der Waals surface area contributed by atoms with Crippen molar-refractivity contribution in [3.63, 3.8) is 0 Å².